The maximum absolute atomic E-state index is 9.02. The van der Waals surface area contributed by atoms with E-state index in [1.165, 1.54) is 5.57 Å². The van der Waals surface area contributed by atoms with Gasteiger partial charge in [0.1, 0.15) is 0 Å². The second kappa shape index (κ2) is 3.69. The molecular weight excluding hydrogens is 138 g/mol. The van der Waals surface area contributed by atoms with Crippen LogP contribution in [0.25, 0.3) is 0 Å². The van der Waals surface area contributed by atoms with E-state index in [0.29, 0.717) is 0 Å². The third-order valence-corrected chi connectivity index (χ3v) is 2.15. The molecule has 0 saturated carbocycles. The Kier molecular flexibility index (Phi) is 2.85. The first-order chi connectivity index (χ1) is 5.29. The maximum atomic E-state index is 9.02. The quantitative estimate of drug-likeness (QED) is 0.606. The first-order valence-electron chi connectivity index (χ1n) is 3.92. The Morgan fingerprint density at radius 3 is 3.18 bits per heavy atom. The highest BCUT2D eigenvalue weighted by Gasteiger charge is 2.21. The van der Waals surface area contributed by atoms with Crippen molar-refractivity contribution in [2.24, 2.45) is 0 Å². The number of rotatable bonds is 3. The lowest BCUT2D eigenvalue weighted by atomic mass is 10.1. The van der Waals surface area contributed by atoms with Crippen molar-refractivity contribution in [3.8, 4) is 0 Å². The van der Waals surface area contributed by atoms with Gasteiger partial charge in [-0.2, -0.15) is 0 Å². The van der Waals surface area contributed by atoms with E-state index in [2.05, 4.69) is 24.5 Å². The van der Waals surface area contributed by atoms with E-state index in [1.807, 2.05) is 6.08 Å². The first-order valence-corrected chi connectivity index (χ1v) is 3.92. The fraction of sp³-hybridized carbons (Fsp3) is 0.556. The van der Waals surface area contributed by atoms with Crippen LogP contribution in [0.4, 0.5) is 0 Å². The molecule has 1 atom stereocenters. The third-order valence-electron chi connectivity index (χ3n) is 2.15. The molecule has 0 aromatic rings. The topological polar surface area (TPSA) is 23.5 Å². The van der Waals surface area contributed by atoms with Gasteiger partial charge in [0.25, 0.3) is 0 Å². The van der Waals surface area contributed by atoms with Crippen LogP contribution in [0.15, 0.2) is 24.3 Å². The molecule has 0 fully saturated rings. The van der Waals surface area contributed by atoms with Crippen molar-refractivity contribution >= 4 is 0 Å². The molecule has 2 nitrogen and oxygen atoms in total. The maximum Gasteiger partial charge on any atom is 0.0625 e. The summed E-state index contributed by atoms with van der Waals surface area (Å²) in [7, 11) is 0. The van der Waals surface area contributed by atoms with Crippen LogP contribution in [0.1, 0.15) is 6.92 Å². The van der Waals surface area contributed by atoms with Gasteiger partial charge in [-0.1, -0.05) is 17.7 Å². The number of nitrogens with zero attached hydrogens (tertiary/aromatic N) is 1. The minimum absolute atomic E-state index is 0.218. The van der Waals surface area contributed by atoms with E-state index < -0.39 is 0 Å². The van der Waals surface area contributed by atoms with Crippen molar-refractivity contribution < 1.29 is 5.11 Å². The summed E-state index contributed by atoms with van der Waals surface area (Å²) in [5.41, 5.74) is 1.27. The molecule has 1 heterocycles. The van der Waals surface area contributed by atoms with Crippen molar-refractivity contribution in [3.63, 3.8) is 0 Å². The van der Waals surface area contributed by atoms with Gasteiger partial charge in [0.05, 0.1) is 12.6 Å². The molecule has 1 N–H and O–H groups in total. The molecule has 1 rings (SSSR count). The summed E-state index contributed by atoms with van der Waals surface area (Å²) in [6.07, 6.45) is 4.03. The first kappa shape index (κ1) is 8.50. The molecular formula is C9H15NO. The number of aliphatic hydroxyl groups is 1. The van der Waals surface area contributed by atoms with Crippen LogP contribution in [0.2, 0.25) is 0 Å². The average Bonchev–Trinajstić information content (AvgIpc) is 2.33. The molecule has 0 unspecified atom stereocenters. The summed E-state index contributed by atoms with van der Waals surface area (Å²) in [6, 6.07) is 0.230. The zero-order chi connectivity index (χ0) is 8.27. The molecule has 0 aliphatic carbocycles. The van der Waals surface area contributed by atoms with Crippen molar-refractivity contribution in [3.05, 3.63) is 24.3 Å². The Hall–Kier alpha value is -0.600. The Morgan fingerprint density at radius 2 is 2.64 bits per heavy atom. The summed E-state index contributed by atoms with van der Waals surface area (Å²) < 4.78 is 0. The predicted octanol–water partition coefficient (Wildman–Crippen LogP) is 0.795. The van der Waals surface area contributed by atoms with E-state index in [-0.39, 0.29) is 12.6 Å². The van der Waals surface area contributed by atoms with Crippen molar-refractivity contribution in [1.29, 1.82) is 0 Å². The van der Waals surface area contributed by atoms with E-state index >= 15 is 0 Å². The molecule has 2 heteroatoms. The van der Waals surface area contributed by atoms with Crippen LogP contribution < -0.4 is 0 Å². The number of aliphatic hydroxyl groups excluding tert-OH is 1. The standard InChI is InChI=1S/C9H15NO/c1-3-5-10-6-4-8(2)9(10)7-11/h3-4,9,11H,1,5-7H2,2H3/t9-/m0/s1. The van der Waals surface area contributed by atoms with Crippen molar-refractivity contribution in [2.45, 2.75) is 13.0 Å². The highest BCUT2D eigenvalue weighted by molar-refractivity contribution is 5.16. The molecule has 0 amide bonds. The highest BCUT2D eigenvalue weighted by Crippen LogP contribution is 2.16. The van der Waals surface area contributed by atoms with Crippen LogP contribution in [-0.2, 0) is 0 Å². The van der Waals surface area contributed by atoms with Gasteiger partial charge in [-0.25, -0.2) is 0 Å². The Bertz CT molecular complexity index is 174. The Morgan fingerprint density at radius 1 is 1.91 bits per heavy atom. The fourth-order valence-corrected chi connectivity index (χ4v) is 1.44. The predicted molar refractivity (Wildman–Crippen MR) is 46.4 cm³/mol. The Balaban J connectivity index is 2.53. The van der Waals surface area contributed by atoms with E-state index in [0.717, 1.165) is 13.1 Å². The molecule has 0 aromatic carbocycles. The average molecular weight is 153 g/mol. The van der Waals surface area contributed by atoms with Gasteiger partial charge in [-0.05, 0) is 6.92 Å². The highest BCUT2D eigenvalue weighted by atomic mass is 16.3. The molecule has 0 radical (unpaired) electrons. The molecule has 62 valence electrons. The van der Waals surface area contributed by atoms with E-state index in [4.69, 9.17) is 5.11 Å². The lowest BCUT2D eigenvalue weighted by Crippen LogP contribution is -2.34. The monoisotopic (exact) mass is 153 g/mol. The summed E-state index contributed by atoms with van der Waals surface area (Å²) in [6.45, 7) is 7.76. The Labute approximate surface area is 67.8 Å². The van der Waals surface area contributed by atoms with Crippen LogP contribution in [-0.4, -0.2) is 35.7 Å². The number of hydrogen-bond acceptors (Lipinski definition) is 2. The van der Waals surface area contributed by atoms with Gasteiger partial charge in [0, 0.05) is 13.1 Å². The van der Waals surface area contributed by atoms with Crippen LogP contribution in [0.5, 0.6) is 0 Å². The third kappa shape index (κ3) is 1.70. The zero-order valence-electron chi connectivity index (χ0n) is 6.95. The summed E-state index contributed by atoms with van der Waals surface area (Å²) in [4.78, 5) is 2.20. The second-order valence-electron chi connectivity index (χ2n) is 2.89. The van der Waals surface area contributed by atoms with Crippen LogP contribution >= 0.6 is 0 Å². The van der Waals surface area contributed by atoms with E-state index in [1.54, 1.807) is 0 Å². The zero-order valence-corrected chi connectivity index (χ0v) is 6.95. The summed E-state index contributed by atoms with van der Waals surface area (Å²) >= 11 is 0. The van der Waals surface area contributed by atoms with Gasteiger partial charge in [0.15, 0.2) is 0 Å². The van der Waals surface area contributed by atoms with Crippen LogP contribution in [0, 0.1) is 0 Å². The minimum atomic E-state index is 0.218. The molecule has 1 aliphatic heterocycles. The van der Waals surface area contributed by atoms with Crippen molar-refractivity contribution in [1.82, 2.24) is 4.90 Å². The molecule has 0 bridgehead atoms. The summed E-state index contributed by atoms with van der Waals surface area (Å²) in [5.74, 6) is 0. The van der Waals surface area contributed by atoms with Crippen molar-refractivity contribution in [2.75, 3.05) is 19.7 Å². The van der Waals surface area contributed by atoms with Gasteiger partial charge in [-0.15, -0.1) is 6.58 Å². The lowest BCUT2D eigenvalue weighted by molar-refractivity contribution is 0.180. The van der Waals surface area contributed by atoms with E-state index in [9.17, 15) is 0 Å². The largest absolute Gasteiger partial charge is 0.394 e. The fourth-order valence-electron chi connectivity index (χ4n) is 1.44. The molecule has 0 saturated heterocycles. The van der Waals surface area contributed by atoms with Gasteiger partial charge in [-0.3, -0.25) is 4.90 Å². The normalized spacial score (nSPS) is 25.3. The van der Waals surface area contributed by atoms with Gasteiger partial charge < -0.3 is 5.11 Å². The second-order valence-corrected chi connectivity index (χ2v) is 2.89. The molecule has 0 aromatic heterocycles. The lowest BCUT2D eigenvalue weighted by Gasteiger charge is -2.22. The molecule has 11 heavy (non-hydrogen) atoms. The smallest absolute Gasteiger partial charge is 0.0625 e. The minimum Gasteiger partial charge on any atom is -0.394 e. The SMILES string of the molecule is C=CCN1CC=C(C)[C@@H]1CO. The number of hydrogen-bond donors (Lipinski definition) is 1. The summed E-state index contributed by atoms with van der Waals surface area (Å²) in [5, 5.41) is 9.02. The molecule has 0 spiro atoms. The molecule has 1 aliphatic rings. The van der Waals surface area contributed by atoms with Crippen LogP contribution in [0.3, 0.4) is 0 Å². The van der Waals surface area contributed by atoms with Gasteiger partial charge in [0.2, 0.25) is 0 Å². The van der Waals surface area contributed by atoms with Gasteiger partial charge >= 0.3 is 0 Å².